The third-order valence-electron chi connectivity index (χ3n) is 3.66. The minimum atomic E-state index is -0.0229. The Morgan fingerprint density at radius 1 is 1.20 bits per heavy atom. The van der Waals surface area contributed by atoms with Gasteiger partial charge in [0.1, 0.15) is 0 Å². The largest absolute Gasteiger partial charge is 0.324 e. The molecule has 0 saturated carbocycles. The third-order valence-corrected chi connectivity index (χ3v) is 3.66. The summed E-state index contributed by atoms with van der Waals surface area (Å²) in [7, 11) is 0. The summed E-state index contributed by atoms with van der Waals surface area (Å²) in [6.07, 6.45) is 1.83. The van der Waals surface area contributed by atoms with Crippen LogP contribution in [0, 0.1) is 13.8 Å². The van der Waals surface area contributed by atoms with Crippen LogP contribution in [0.5, 0.6) is 0 Å². The van der Waals surface area contributed by atoms with Gasteiger partial charge in [-0.1, -0.05) is 18.2 Å². The number of rotatable bonds is 2. The van der Waals surface area contributed by atoms with E-state index in [4.69, 9.17) is 10.7 Å². The molecule has 2 heterocycles. The molecule has 1 unspecified atom stereocenters. The van der Waals surface area contributed by atoms with Gasteiger partial charge in [-0.05, 0) is 38.5 Å². The SMILES string of the molecule is Cc1cc(-n2ncc(C(C)N)c2C)nc2ccccc12. The maximum Gasteiger partial charge on any atom is 0.154 e. The smallest absolute Gasteiger partial charge is 0.154 e. The van der Waals surface area contributed by atoms with Crippen molar-refractivity contribution in [3.8, 4) is 5.82 Å². The molecule has 0 radical (unpaired) electrons. The van der Waals surface area contributed by atoms with Gasteiger partial charge < -0.3 is 5.73 Å². The number of hydrogen-bond acceptors (Lipinski definition) is 3. The lowest BCUT2D eigenvalue weighted by atomic mass is 10.1. The number of para-hydroxylation sites is 1. The van der Waals surface area contributed by atoms with Gasteiger partial charge in [-0.2, -0.15) is 5.10 Å². The first-order valence-corrected chi connectivity index (χ1v) is 6.75. The van der Waals surface area contributed by atoms with Crippen LogP contribution in [-0.2, 0) is 0 Å². The first kappa shape index (κ1) is 12.8. The van der Waals surface area contributed by atoms with Gasteiger partial charge in [0, 0.05) is 22.7 Å². The molecule has 3 aromatic rings. The second kappa shape index (κ2) is 4.72. The molecule has 1 atom stereocenters. The number of aryl methyl sites for hydroxylation is 1. The van der Waals surface area contributed by atoms with Crippen LogP contribution in [0.2, 0.25) is 0 Å². The molecule has 0 saturated heterocycles. The second-order valence-corrected chi connectivity index (χ2v) is 5.20. The maximum atomic E-state index is 5.95. The Kier molecular flexibility index (Phi) is 3.03. The fourth-order valence-corrected chi connectivity index (χ4v) is 2.54. The van der Waals surface area contributed by atoms with Gasteiger partial charge in [0.25, 0.3) is 0 Å². The zero-order valence-electron chi connectivity index (χ0n) is 12.0. The van der Waals surface area contributed by atoms with Gasteiger partial charge >= 0.3 is 0 Å². The minimum absolute atomic E-state index is 0.0229. The molecule has 2 aromatic heterocycles. The molecule has 0 fully saturated rings. The van der Waals surface area contributed by atoms with Crippen molar-refractivity contribution in [2.45, 2.75) is 26.8 Å². The molecule has 0 spiro atoms. The van der Waals surface area contributed by atoms with Crippen molar-refractivity contribution in [3.05, 3.63) is 53.3 Å². The first-order chi connectivity index (χ1) is 9.58. The molecule has 3 rings (SSSR count). The Morgan fingerprint density at radius 3 is 2.65 bits per heavy atom. The van der Waals surface area contributed by atoms with Crippen LogP contribution in [0.3, 0.4) is 0 Å². The lowest BCUT2D eigenvalue weighted by molar-refractivity contribution is 0.789. The van der Waals surface area contributed by atoms with Gasteiger partial charge in [0.2, 0.25) is 0 Å². The third kappa shape index (κ3) is 1.98. The van der Waals surface area contributed by atoms with Gasteiger partial charge in [-0.25, -0.2) is 9.67 Å². The van der Waals surface area contributed by atoms with Crippen molar-refractivity contribution >= 4 is 10.9 Å². The summed E-state index contributed by atoms with van der Waals surface area (Å²) >= 11 is 0. The summed E-state index contributed by atoms with van der Waals surface area (Å²) in [5, 5.41) is 5.60. The second-order valence-electron chi connectivity index (χ2n) is 5.20. The zero-order valence-corrected chi connectivity index (χ0v) is 12.0. The van der Waals surface area contributed by atoms with Gasteiger partial charge in [0.05, 0.1) is 11.7 Å². The van der Waals surface area contributed by atoms with Gasteiger partial charge in [-0.15, -0.1) is 0 Å². The number of nitrogens with zero attached hydrogens (tertiary/aromatic N) is 3. The normalized spacial score (nSPS) is 12.8. The van der Waals surface area contributed by atoms with E-state index in [-0.39, 0.29) is 6.04 Å². The van der Waals surface area contributed by atoms with E-state index in [9.17, 15) is 0 Å². The quantitative estimate of drug-likeness (QED) is 0.775. The molecule has 4 nitrogen and oxygen atoms in total. The maximum absolute atomic E-state index is 5.95. The number of benzene rings is 1. The summed E-state index contributed by atoms with van der Waals surface area (Å²) in [6.45, 7) is 6.09. The molecule has 4 heteroatoms. The molecule has 102 valence electrons. The fraction of sp³-hybridized carbons (Fsp3) is 0.250. The van der Waals surface area contributed by atoms with E-state index in [1.807, 2.05) is 42.9 Å². The molecule has 0 amide bonds. The van der Waals surface area contributed by atoms with Crippen LogP contribution in [0.4, 0.5) is 0 Å². The topological polar surface area (TPSA) is 56.7 Å². The molecule has 0 aliphatic rings. The average Bonchev–Trinajstić information content (AvgIpc) is 2.80. The van der Waals surface area contributed by atoms with E-state index >= 15 is 0 Å². The zero-order chi connectivity index (χ0) is 14.3. The number of pyridine rings is 1. The van der Waals surface area contributed by atoms with Crippen LogP contribution in [0.15, 0.2) is 36.5 Å². The predicted molar refractivity (Wildman–Crippen MR) is 80.9 cm³/mol. The highest BCUT2D eigenvalue weighted by Gasteiger charge is 2.13. The van der Waals surface area contributed by atoms with Gasteiger partial charge in [-0.3, -0.25) is 0 Å². The van der Waals surface area contributed by atoms with Crippen molar-refractivity contribution < 1.29 is 0 Å². The summed E-state index contributed by atoms with van der Waals surface area (Å²) in [4.78, 5) is 4.70. The van der Waals surface area contributed by atoms with Gasteiger partial charge in [0.15, 0.2) is 5.82 Å². The minimum Gasteiger partial charge on any atom is -0.324 e. The Bertz CT molecular complexity index is 771. The molecule has 0 aliphatic carbocycles. The molecule has 1 aromatic carbocycles. The number of aromatic nitrogens is 3. The number of hydrogen-bond donors (Lipinski definition) is 1. The van der Waals surface area contributed by atoms with E-state index in [0.29, 0.717) is 0 Å². The summed E-state index contributed by atoms with van der Waals surface area (Å²) < 4.78 is 1.86. The number of fused-ring (bicyclic) bond motifs is 1. The molecule has 2 N–H and O–H groups in total. The standard InChI is InChI=1S/C16H18N4/c1-10-8-16(19-15-7-5-4-6-13(10)15)20-12(3)14(9-18-20)11(2)17/h4-9,11H,17H2,1-3H3. The Morgan fingerprint density at radius 2 is 1.95 bits per heavy atom. The van der Waals surface area contributed by atoms with Crippen LogP contribution in [-0.4, -0.2) is 14.8 Å². The summed E-state index contributed by atoms with van der Waals surface area (Å²) in [5.41, 5.74) is 10.2. The van der Waals surface area contributed by atoms with Crippen LogP contribution in [0.1, 0.15) is 29.8 Å². The van der Waals surface area contributed by atoms with Crippen molar-refractivity contribution in [2.75, 3.05) is 0 Å². The Balaban J connectivity index is 2.20. The highest BCUT2D eigenvalue weighted by atomic mass is 15.3. The van der Waals surface area contributed by atoms with E-state index in [0.717, 1.165) is 22.6 Å². The first-order valence-electron chi connectivity index (χ1n) is 6.75. The monoisotopic (exact) mass is 266 g/mol. The number of nitrogens with two attached hydrogens (primary N) is 1. The van der Waals surface area contributed by atoms with E-state index < -0.39 is 0 Å². The molecule has 20 heavy (non-hydrogen) atoms. The van der Waals surface area contributed by atoms with Crippen LogP contribution in [0.25, 0.3) is 16.7 Å². The van der Waals surface area contributed by atoms with Crippen LogP contribution >= 0.6 is 0 Å². The highest BCUT2D eigenvalue weighted by molar-refractivity contribution is 5.82. The van der Waals surface area contributed by atoms with Crippen LogP contribution < -0.4 is 5.73 Å². The van der Waals surface area contributed by atoms with Crippen molar-refractivity contribution in [1.82, 2.24) is 14.8 Å². The molecular formula is C16H18N4. The summed E-state index contributed by atoms with van der Waals surface area (Å²) in [6, 6.07) is 10.2. The van der Waals surface area contributed by atoms with Crippen molar-refractivity contribution in [3.63, 3.8) is 0 Å². The Hall–Kier alpha value is -2.20. The van der Waals surface area contributed by atoms with Crippen molar-refractivity contribution in [1.29, 1.82) is 0 Å². The molecular weight excluding hydrogens is 248 g/mol. The summed E-state index contributed by atoms with van der Waals surface area (Å²) in [5.74, 6) is 0.839. The highest BCUT2D eigenvalue weighted by Crippen LogP contribution is 2.22. The van der Waals surface area contributed by atoms with E-state index in [2.05, 4.69) is 24.2 Å². The van der Waals surface area contributed by atoms with E-state index in [1.165, 1.54) is 10.9 Å². The van der Waals surface area contributed by atoms with E-state index in [1.54, 1.807) is 0 Å². The Labute approximate surface area is 118 Å². The predicted octanol–water partition coefficient (Wildman–Crippen LogP) is 3.06. The average molecular weight is 266 g/mol. The van der Waals surface area contributed by atoms with Crippen molar-refractivity contribution in [2.24, 2.45) is 5.73 Å². The fourth-order valence-electron chi connectivity index (χ4n) is 2.54. The lowest BCUT2D eigenvalue weighted by Crippen LogP contribution is -2.08. The lowest BCUT2D eigenvalue weighted by Gasteiger charge is -2.09. The molecule has 0 aliphatic heterocycles. The molecule has 0 bridgehead atoms.